The summed E-state index contributed by atoms with van der Waals surface area (Å²) in [6.45, 7) is 3.24. The van der Waals surface area contributed by atoms with Gasteiger partial charge in [-0.05, 0) is 42.5 Å². The summed E-state index contributed by atoms with van der Waals surface area (Å²) in [5.41, 5.74) is 12.8. The maximum atomic E-state index is 12.6. The van der Waals surface area contributed by atoms with Gasteiger partial charge in [-0.3, -0.25) is 9.59 Å². The molecule has 1 aliphatic carbocycles. The topological polar surface area (TPSA) is 147 Å². The molecule has 0 radical (unpaired) electrons. The van der Waals surface area contributed by atoms with E-state index in [-0.39, 0.29) is 32.0 Å². The molecular weight excluding hydrogens is 464 g/mol. The third-order valence-corrected chi connectivity index (χ3v) is 5.84. The van der Waals surface area contributed by atoms with Gasteiger partial charge in [0.1, 0.15) is 18.7 Å². The lowest BCUT2D eigenvalue weighted by Gasteiger charge is -2.20. The Balaban J connectivity index is 1.56. The van der Waals surface area contributed by atoms with Crippen LogP contribution in [0.15, 0.2) is 48.5 Å². The molecule has 2 aromatic rings. The molecule has 2 atom stereocenters. The fraction of sp³-hybridized carbons (Fsp3) is 0.346. The van der Waals surface area contributed by atoms with Gasteiger partial charge < -0.3 is 25.6 Å². The smallest absolute Gasteiger partial charge is 0.407 e. The zero-order chi connectivity index (χ0) is 26.1. The number of rotatable bonds is 11. The van der Waals surface area contributed by atoms with Gasteiger partial charge in [-0.15, -0.1) is 0 Å². The molecule has 0 fully saturated rings. The maximum Gasteiger partial charge on any atom is 0.407 e. The van der Waals surface area contributed by atoms with Crippen molar-refractivity contribution < 1.29 is 33.4 Å². The second-order valence-electron chi connectivity index (χ2n) is 8.25. The number of nitrogens with zero attached hydrogens (tertiary/aromatic N) is 2. The van der Waals surface area contributed by atoms with Crippen LogP contribution in [-0.4, -0.2) is 60.1 Å². The van der Waals surface area contributed by atoms with Gasteiger partial charge in [-0.2, -0.15) is 4.79 Å². The highest BCUT2D eigenvalue weighted by atomic mass is 16.5. The van der Waals surface area contributed by atoms with Crippen molar-refractivity contribution in [1.82, 2.24) is 10.6 Å². The highest BCUT2D eigenvalue weighted by Crippen LogP contribution is 2.44. The number of ketones is 1. The van der Waals surface area contributed by atoms with Crippen molar-refractivity contribution in [3.8, 4) is 11.1 Å². The standard InChI is InChI=1S/C26H28N4O6/c1-3-35-25(33)23(13-12-17(31)14-28-27)30-24(32)16(2)29-26(34)36-15-22-20-10-6-4-8-18(20)19-9-5-7-11-21(19)22/h4-11,14,16,22-23H,3,12-13,15H2,1-2H3,(H,29,34)(H,30,32). The van der Waals surface area contributed by atoms with Crippen LogP contribution in [0, 0.1) is 0 Å². The van der Waals surface area contributed by atoms with Crippen molar-refractivity contribution in [2.24, 2.45) is 0 Å². The van der Waals surface area contributed by atoms with E-state index < -0.39 is 35.8 Å². The van der Waals surface area contributed by atoms with Crippen molar-refractivity contribution in [1.29, 1.82) is 0 Å². The quantitative estimate of drug-likeness (QED) is 0.213. The molecule has 2 N–H and O–H groups in total. The highest BCUT2D eigenvalue weighted by Gasteiger charge is 2.30. The normalized spacial score (nSPS) is 13.3. The molecule has 0 saturated heterocycles. The van der Waals surface area contributed by atoms with E-state index in [1.54, 1.807) is 6.92 Å². The van der Waals surface area contributed by atoms with Gasteiger partial charge in [0.15, 0.2) is 0 Å². The first-order valence-corrected chi connectivity index (χ1v) is 11.6. The summed E-state index contributed by atoms with van der Waals surface area (Å²) in [5, 5.41) is 4.95. The number of benzene rings is 2. The number of esters is 1. The van der Waals surface area contributed by atoms with Gasteiger partial charge in [0.2, 0.25) is 11.7 Å². The minimum absolute atomic E-state index is 0.0624. The summed E-state index contributed by atoms with van der Waals surface area (Å²) >= 11 is 0. The fourth-order valence-electron chi connectivity index (χ4n) is 4.09. The Kier molecular flexibility index (Phi) is 9.07. The molecule has 188 valence electrons. The van der Waals surface area contributed by atoms with Crippen molar-refractivity contribution in [3.05, 3.63) is 65.2 Å². The third kappa shape index (κ3) is 6.43. The first-order valence-electron chi connectivity index (χ1n) is 11.6. The minimum Gasteiger partial charge on any atom is -0.464 e. The van der Waals surface area contributed by atoms with Crippen molar-refractivity contribution in [2.75, 3.05) is 13.2 Å². The molecule has 0 aliphatic heterocycles. The van der Waals surface area contributed by atoms with E-state index >= 15 is 0 Å². The van der Waals surface area contributed by atoms with Crippen molar-refractivity contribution in [2.45, 2.75) is 44.7 Å². The zero-order valence-electron chi connectivity index (χ0n) is 20.1. The van der Waals surface area contributed by atoms with Crippen LogP contribution in [0.1, 0.15) is 43.7 Å². The largest absolute Gasteiger partial charge is 0.464 e. The highest BCUT2D eigenvalue weighted by molar-refractivity contribution is 6.25. The lowest BCUT2D eigenvalue weighted by Crippen LogP contribution is -2.51. The van der Waals surface area contributed by atoms with E-state index in [1.807, 2.05) is 48.5 Å². The average molecular weight is 493 g/mol. The number of hydrogen-bond acceptors (Lipinski definition) is 6. The van der Waals surface area contributed by atoms with Crippen LogP contribution in [0.4, 0.5) is 4.79 Å². The molecule has 0 bridgehead atoms. The van der Waals surface area contributed by atoms with E-state index in [1.165, 1.54) is 6.92 Å². The molecule has 1 aliphatic rings. The predicted molar refractivity (Wildman–Crippen MR) is 130 cm³/mol. The molecule has 36 heavy (non-hydrogen) atoms. The summed E-state index contributed by atoms with van der Waals surface area (Å²) in [4.78, 5) is 51.5. The lowest BCUT2D eigenvalue weighted by atomic mass is 9.98. The summed E-state index contributed by atoms with van der Waals surface area (Å²) in [7, 11) is 0. The van der Waals surface area contributed by atoms with Crippen LogP contribution >= 0.6 is 0 Å². The van der Waals surface area contributed by atoms with Crippen LogP contribution in [0.2, 0.25) is 0 Å². The van der Waals surface area contributed by atoms with Crippen LogP contribution in [-0.2, 0) is 23.9 Å². The Morgan fingerprint density at radius 1 is 1.00 bits per heavy atom. The number of alkyl carbamates (subject to hydrolysis) is 1. The summed E-state index contributed by atoms with van der Waals surface area (Å²) in [5.74, 6) is -2.01. The number of ether oxygens (including phenoxy) is 2. The number of hydrogen-bond donors (Lipinski definition) is 2. The second kappa shape index (κ2) is 12.4. The molecule has 10 heteroatoms. The molecule has 0 heterocycles. The summed E-state index contributed by atoms with van der Waals surface area (Å²) in [6.07, 6.45) is -0.276. The van der Waals surface area contributed by atoms with E-state index in [0.717, 1.165) is 22.3 Å². The number of carbonyl (C=O) groups excluding carboxylic acids is 4. The molecule has 0 spiro atoms. The van der Waals surface area contributed by atoms with E-state index in [0.29, 0.717) is 6.21 Å². The van der Waals surface area contributed by atoms with Gasteiger partial charge in [-0.25, -0.2) is 9.59 Å². The molecule has 0 aromatic heterocycles. The van der Waals surface area contributed by atoms with Gasteiger partial charge in [0.25, 0.3) is 0 Å². The first kappa shape index (κ1) is 26.3. The fourth-order valence-corrected chi connectivity index (χ4v) is 4.09. The molecule has 2 unspecified atom stereocenters. The van der Waals surface area contributed by atoms with Crippen LogP contribution in [0.3, 0.4) is 0 Å². The maximum absolute atomic E-state index is 12.6. The Hall–Kier alpha value is -4.30. The molecule has 10 nitrogen and oxygen atoms in total. The second-order valence-corrected chi connectivity index (χ2v) is 8.25. The number of Topliss-reactive ketones (excluding diaryl/α,β-unsaturated/α-hetero) is 1. The summed E-state index contributed by atoms with van der Waals surface area (Å²) < 4.78 is 10.4. The van der Waals surface area contributed by atoms with Crippen molar-refractivity contribution >= 4 is 30.0 Å². The molecule has 3 rings (SSSR count). The first-order chi connectivity index (χ1) is 17.3. The number of fused-ring (bicyclic) bond motifs is 3. The molecular formula is C26H28N4O6. The predicted octanol–water partition coefficient (Wildman–Crippen LogP) is 2.61. The van der Waals surface area contributed by atoms with Crippen LogP contribution in [0.25, 0.3) is 16.7 Å². The van der Waals surface area contributed by atoms with Crippen LogP contribution < -0.4 is 10.6 Å². The lowest BCUT2D eigenvalue weighted by molar-refractivity contribution is -0.147. The zero-order valence-corrected chi connectivity index (χ0v) is 20.1. The van der Waals surface area contributed by atoms with E-state index in [2.05, 4.69) is 15.4 Å². The van der Waals surface area contributed by atoms with E-state index in [4.69, 9.17) is 15.0 Å². The number of amides is 2. The average Bonchev–Trinajstić information content (AvgIpc) is 3.19. The van der Waals surface area contributed by atoms with Gasteiger partial charge in [-0.1, -0.05) is 48.5 Å². The van der Waals surface area contributed by atoms with Gasteiger partial charge in [0, 0.05) is 12.3 Å². The van der Waals surface area contributed by atoms with Crippen molar-refractivity contribution in [3.63, 3.8) is 0 Å². The molecule has 2 aromatic carbocycles. The van der Waals surface area contributed by atoms with Gasteiger partial charge >= 0.3 is 18.3 Å². The van der Waals surface area contributed by atoms with Gasteiger partial charge in [0.05, 0.1) is 6.61 Å². The molecule has 2 amide bonds. The Bertz CT molecular complexity index is 1140. The van der Waals surface area contributed by atoms with E-state index in [9.17, 15) is 19.2 Å². The number of carbonyl (C=O) groups is 4. The SMILES string of the molecule is CCOC(=O)C(CCC(=O)C=[N+]=[N-])NC(=O)C(C)NC(=O)OCC1c2ccccc2-c2ccccc21. The Labute approximate surface area is 208 Å². The van der Waals surface area contributed by atoms with Crippen LogP contribution in [0.5, 0.6) is 0 Å². The minimum atomic E-state index is -1.11. The monoisotopic (exact) mass is 492 g/mol. The Morgan fingerprint density at radius 3 is 2.19 bits per heavy atom. The third-order valence-electron chi connectivity index (χ3n) is 5.84. The molecule has 0 saturated carbocycles. The Morgan fingerprint density at radius 2 is 1.61 bits per heavy atom. The number of nitrogens with one attached hydrogen (secondary N) is 2. The summed E-state index contributed by atoms with van der Waals surface area (Å²) in [6, 6.07) is 13.7.